The molecule has 1 aliphatic rings. The lowest BCUT2D eigenvalue weighted by atomic mass is 10.1. The molecule has 1 fully saturated rings. The van der Waals surface area contributed by atoms with E-state index in [1.165, 1.54) is 12.1 Å². The average Bonchev–Trinajstić information content (AvgIpc) is 3.08. The predicted octanol–water partition coefficient (Wildman–Crippen LogP) is 2.33. The number of fused-ring (bicyclic) bond motifs is 1. The Morgan fingerprint density at radius 1 is 0.958 bits per heavy atom. The average molecular weight is 329 g/mol. The lowest BCUT2D eigenvalue weighted by Crippen LogP contribution is -2.46. The molecule has 124 valence electrons. The van der Waals surface area contributed by atoms with Gasteiger partial charge in [0.2, 0.25) is 0 Å². The third-order valence-electron chi connectivity index (χ3n) is 4.37. The van der Waals surface area contributed by atoms with Crippen LogP contribution in [0.5, 0.6) is 0 Å². The molecule has 4 rings (SSSR count). The zero-order valence-electron chi connectivity index (χ0n) is 13.1. The Labute approximate surface area is 138 Å². The summed E-state index contributed by atoms with van der Waals surface area (Å²) in [4.78, 5) is 13.1. The Morgan fingerprint density at radius 2 is 1.71 bits per heavy atom. The van der Waals surface area contributed by atoms with Crippen molar-refractivity contribution in [2.24, 2.45) is 0 Å². The maximum absolute atomic E-state index is 13.8. The Kier molecular flexibility index (Phi) is 3.86. The quantitative estimate of drug-likeness (QED) is 0.739. The summed E-state index contributed by atoms with van der Waals surface area (Å²) in [5.41, 5.74) is 1.24. The molecule has 0 N–H and O–H groups in total. The summed E-state index contributed by atoms with van der Waals surface area (Å²) in [7, 11) is 0. The third kappa shape index (κ3) is 2.82. The van der Waals surface area contributed by atoms with Gasteiger partial charge in [0.1, 0.15) is 11.6 Å². The molecule has 1 aliphatic heterocycles. The smallest absolute Gasteiger partial charge is 0.180 e. The summed E-state index contributed by atoms with van der Waals surface area (Å²) in [5.74, 6) is 0.0990. The van der Waals surface area contributed by atoms with E-state index in [2.05, 4.69) is 19.8 Å². The number of hydrogen-bond donors (Lipinski definition) is 0. The monoisotopic (exact) mass is 329 g/mol. The molecule has 3 heterocycles. The zero-order valence-corrected chi connectivity index (χ0v) is 13.1. The minimum absolute atomic E-state index is 0.359. The summed E-state index contributed by atoms with van der Waals surface area (Å²) in [6, 6.07) is 3.60. The molecule has 0 amide bonds. The van der Waals surface area contributed by atoms with Crippen molar-refractivity contribution in [1.29, 1.82) is 0 Å². The van der Waals surface area contributed by atoms with E-state index in [1.807, 2.05) is 16.8 Å². The number of nitrogens with zero attached hydrogens (tertiary/aromatic N) is 5. The van der Waals surface area contributed by atoms with Crippen molar-refractivity contribution in [3.8, 4) is 0 Å². The van der Waals surface area contributed by atoms with Crippen LogP contribution in [0, 0.1) is 11.6 Å². The predicted molar refractivity (Wildman–Crippen MR) is 86.8 cm³/mol. The van der Waals surface area contributed by atoms with E-state index in [1.54, 1.807) is 12.4 Å². The Balaban J connectivity index is 1.45. The van der Waals surface area contributed by atoms with Crippen LogP contribution in [0.2, 0.25) is 0 Å². The van der Waals surface area contributed by atoms with Crippen LogP contribution in [0.1, 0.15) is 5.56 Å². The molecular formula is C17H17F2N5. The molecule has 1 aromatic carbocycles. The molecule has 0 atom stereocenters. The van der Waals surface area contributed by atoms with E-state index < -0.39 is 5.82 Å². The fourth-order valence-corrected chi connectivity index (χ4v) is 3.09. The van der Waals surface area contributed by atoms with Gasteiger partial charge < -0.3 is 9.30 Å². The van der Waals surface area contributed by atoms with Crippen molar-refractivity contribution < 1.29 is 8.78 Å². The normalized spacial score (nSPS) is 16.0. The number of piperazine rings is 1. The number of aromatic nitrogens is 3. The molecule has 24 heavy (non-hydrogen) atoms. The molecule has 0 aliphatic carbocycles. The standard InChI is InChI=1S/C17H17F2N5/c18-14-1-2-15(19)13(11-14)12-22-7-9-24(10-8-22)17-16-20-3-5-23(16)6-4-21-17/h1-6,11H,7-10,12H2. The maximum atomic E-state index is 13.8. The lowest BCUT2D eigenvalue weighted by Gasteiger charge is -2.35. The summed E-state index contributed by atoms with van der Waals surface area (Å²) in [6.07, 6.45) is 7.28. The number of halogens is 2. The van der Waals surface area contributed by atoms with Crippen molar-refractivity contribution >= 4 is 11.5 Å². The van der Waals surface area contributed by atoms with E-state index in [9.17, 15) is 8.78 Å². The minimum Gasteiger partial charge on any atom is -0.351 e. The first-order chi connectivity index (χ1) is 11.7. The maximum Gasteiger partial charge on any atom is 0.180 e. The first-order valence-corrected chi connectivity index (χ1v) is 7.89. The van der Waals surface area contributed by atoms with E-state index in [4.69, 9.17) is 0 Å². The highest BCUT2D eigenvalue weighted by Gasteiger charge is 2.21. The molecule has 0 radical (unpaired) electrons. The first-order valence-electron chi connectivity index (χ1n) is 7.89. The van der Waals surface area contributed by atoms with Gasteiger partial charge in [0, 0.05) is 63.1 Å². The highest BCUT2D eigenvalue weighted by atomic mass is 19.1. The van der Waals surface area contributed by atoms with Crippen LogP contribution in [0.4, 0.5) is 14.6 Å². The largest absolute Gasteiger partial charge is 0.351 e. The van der Waals surface area contributed by atoms with Gasteiger partial charge in [0.25, 0.3) is 0 Å². The summed E-state index contributed by atoms with van der Waals surface area (Å²) < 4.78 is 29.0. The van der Waals surface area contributed by atoms with Gasteiger partial charge >= 0.3 is 0 Å². The molecule has 2 aromatic heterocycles. The molecule has 7 heteroatoms. The number of benzene rings is 1. The topological polar surface area (TPSA) is 36.7 Å². The molecule has 5 nitrogen and oxygen atoms in total. The Hall–Kier alpha value is -2.54. The number of rotatable bonds is 3. The van der Waals surface area contributed by atoms with Crippen LogP contribution in [0.15, 0.2) is 43.0 Å². The number of hydrogen-bond acceptors (Lipinski definition) is 4. The second-order valence-electron chi connectivity index (χ2n) is 5.91. The van der Waals surface area contributed by atoms with Gasteiger partial charge in [0.05, 0.1) is 0 Å². The molecule has 0 bridgehead atoms. The number of imidazole rings is 1. The third-order valence-corrected chi connectivity index (χ3v) is 4.37. The second kappa shape index (κ2) is 6.16. The van der Waals surface area contributed by atoms with Gasteiger partial charge in [0.15, 0.2) is 11.5 Å². The SMILES string of the molecule is Fc1ccc(F)c(CN2CCN(c3nccn4ccnc34)CC2)c1. The van der Waals surface area contributed by atoms with Crippen LogP contribution in [0.3, 0.4) is 0 Å². The summed E-state index contributed by atoms with van der Waals surface area (Å²) in [6.45, 7) is 3.49. The van der Waals surface area contributed by atoms with Crippen molar-refractivity contribution in [2.45, 2.75) is 6.54 Å². The van der Waals surface area contributed by atoms with Crippen molar-refractivity contribution in [2.75, 3.05) is 31.1 Å². The van der Waals surface area contributed by atoms with Gasteiger partial charge in [-0.1, -0.05) is 0 Å². The lowest BCUT2D eigenvalue weighted by molar-refractivity contribution is 0.246. The van der Waals surface area contributed by atoms with Gasteiger partial charge in [-0.25, -0.2) is 18.7 Å². The van der Waals surface area contributed by atoms with Crippen LogP contribution in [0.25, 0.3) is 5.65 Å². The van der Waals surface area contributed by atoms with E-state index in [0.29, 0.717) is 12.1 Å². The second-order valence-corrected chi connectivity index (χ2v) is 5.91. The van der Waals surface area contributed by atoms with Crippen molar-refractivity contribution in [1.82, 2.24) is 19.3 Å². The zero-order chi connectivity index (χ0) is 16.5. The van der Waals surface area contributed by atoms with Crippen LogP contribution in [-0.2, 0) is 6.54 Å². The van der Waals surface area contributed by atoms with E-state index >= 15 is 0 Å². The molecule has 1 saturated heterocycles. The Bertz CT molecular complexity index is 855. The molecular weight excluding hydrogens is 312 g/mol. The van der Waals surface area contributed by atoms with Crippen molar-refractivity contribution in [3.63, 3.8) is 0 Å². The van der Waals surface area contributed by atoms with E-state index in [0.717, 1.165) is 43.7 Å². The van der Waals surface area contributed by atoms with E-state index in [-0.39, 0.29) is 5.82 Å². The molecule has 0 spiro atoms. The van der Waals surface area contributed by atoms with Gasteiger partial charge in [-0.2, -0.15) is 0 Å². The van der Waals surface area contributed by atoms with Gasteiger partial charge in [-0.3, -0.25) is 4.90 Å². The van der Waals surface area contributed by atoms with Crippen molar-refractivity contribution in [3.05, 3.63) is 60.2 Å². The highest BCUT2D eigenvalue weighted by Crippen LogP contribution is 2.20. The minimum atomic E-state index is -0.403. The highest BCUT2D eigenvalue weighted by molar-refractivity contribution is 5.64. The Morgan fingerprint density at radius 3 is 2.50 bits per heavy atom. The summed E-state index contributed by atoms with van der Waals surface area (Å²) in [5, 5.41) is 0. The molecule has 0 unspecified atom stereocenters. The molecule has 3 aromatic rings. The van der Waals surface area contributed by atoms with Crippen LogP contribution >= 0.6 is 0 Å². The fraction of sp³-hybridized carbons (Fsp3) is 0.294. The fourth-order valence-electron chi connectivity index (χ4n) is 3.09. The van der Waals surface area contributed by atoms with Gasteiger partial charge in [-0.05, 0) is 18.2 Å². The van der Waals surface area contributed by atoms with Gasteiger partial charge in [-0.15, -0.1) is 0 Å². The first kappa shape index (κ1) is 15.0. The summed E-state index contributed by atoms with van der Waals surface area (Å²) >= 11 is 0. The number of anilines is 1. The van der Waals surface area contributed by atoms with Crippen LogP contribution < -0.4 is 4.90 Å². The molecule has 0 saturated carbocycles. The van der Waals surface area contributed by atoms with Crippen LogP contribution in [-0.4, -0.2) is 45.4 Å².